The number of rotatable bonds is 8. The molecule has 9 heteroatoms. The number of nitrogens with zero attached hydrogens (tertiary/aromatic N) is 2. The molecule has 152 valence electrons. The molecule has 1 aromatic carbocycles. The first-order valence-electron chi connectivity index (χ1n) is 9.13. The summed E-state index contributed by atoms with van der Waals surface area (Å²) in [6.45, 7) is 4.93. The van der Waals surface area contributed by atoms with Gasteiger partial charge >= 0.3 is 0 Å². The van der Waals surface area contributed by atoms with Crippen LogP contribution in [0.25, 0.3) is 0 Å². The van der Waals surface area contributed by atoms with E-state index in [4.69, 9.17) is 16.3 Å². The molecule has 1 aromatic rings. The maximum absolute atomic E-state index is 11.2. The van der Waals surface area contributed by atoms with Gasteiger partial charge in [-0.3, -0.25) is 4.99 Å². The van der Waals surface area contributed by atoms with Crippen molar-refractivity contribution >= 4 is 33.1 Å². The molecule has 1 aliphatic heterocycles. The fraction of sp³-hybridized carbons (Fsp3) is 0.611. The molecule has 1 heterocycles. The largest absolute Gasteiger partial charge is 0.495 e. The molecule has 1 atom stereocenters. The number of hydrogen-bond acceptors (Lipinski definition) is 5. The first-order chi connectivity index (χ1) is 12.8. The van der Waals surface area contributed by atoms with Crippen LogP contribution in [0.2, 0.25) is 5.02 Å². The fourth-order valence-corrected chi connectivity index (χ4v) is 3.86. The summed E-state index contributed by atoms with van der Waals surface area (Å²) >= 11 is 6.15. The highest BCUT2D eigenvalue weighted by atomic mass is 35.5. The van der Waals surface area contributed by atoms with Gasteiger partial charge in [0, 0.05) is 43.5 Å². The molecule has 1 aliphatic rings. The van der Waals surface area contributed by atoms with Crippen molar-refractivity contribution in [1.82, 2.24) is 10.6 Å². The van der Waals surface area contributed by atoms with Crippen LogP contribution in [-0.2, 0) is 9.84 Å². The predicted molar refractivity (Wildman–Crippen MR) is 112 cm³/mol. The van der Waals surface area contributed by atoms with Crippen LogP contribution in [0.15, 0.2) is 23.2 Å². The van der Waals surface area contributed by atoms with E-state index in [1.54, 1.807) is 7.11 Å². The summed E-state index contributed by atoms with van der Waals surface area (Å²) in [6, 6.07) is 5.86. The monoisotopic (exact) mass is 416 g/mol. The zero-order chi connectivity index (χ0) is 19.9. The Labute approximate surface area is 167 Å². The third-order valence-corrected chi connectivity index (χ3v) is 5.56. The SMILES string of the molecule is CCNC(=NCCCS(C)(=O)=O)NC1CCN(c2cc(Cl)ccc2OC)C1. The van der Waals surface area contributed by atoms with Crippen LogP contribution in [-0.4, -0.2) is 65.7 Å². The van der Waals surface area contributed by atoms with E-state index in [1.807, 2.05) is 25.1 Å². The lowest BCUT2D eigenvalue weighted by atomic mass is 10.2. The number of guanidine groups is 1. The zero-order valence-electron chi connectivity index (χ0n) is 16.2. The lowest BCUT2D eigenvalue weighted by Gasteiger charge is -2.22. The van der Waals surface area contributed by atoms with Gasteiger partial charge in [0.1, 0.15) is 15.6 Å². The van der Waals surface area contributed by atoms with Crippen LogP contribution in [0.5, 0.6) is 5.75 Å². The van der Waals surface area contributed by atoms with Gasteiger partial charge in [0.15, 0.2) is 5.96 Å². The van der Waals surface area contributed by atoms with E-state index in [1.165, 1.54) is 6.26 Å². The van der Waals surface area contributed by atoms with E-state index in [0.717, 1.165) is 43.5 Å². The number of anilines is 1. The molecule has 0 bridgehead atoms. The van der Waals surface area contributed by atoms with Crippen molar-refractivity contribution in [3.63, 3.8) is 0 Å². The van der Waals surface area contributed by atoms with Crippen molar-refractivity contribution in [2.45, 2.75) is 25.8 Å². The van der Waals surface area contributed by atoms with Crippen LogP contribution in [0.1, 0.15) is 19.8 Å². The van der Waals surface area contributed by atoms with Gasteiger partial charge in [0.05, 0.1) is 18.6 Å². The number of hydrogen-bond donors (Lipinski definition) is 2. The van der Waals surface area contributed by atoms with Crippen molar-refractivity contribution in [2.24, 2.45) is 4.99 Å². The minimum absolute atomic E-state index is 0.154. The average molecular weight is 417 g/mol. The molecule has 1 fully saturated rings. The molecule has 0 spiro atoms. The third-order valence-electron chi connectivity index (χ3n) is 4.30. The van der Waals surface area contributed by atoms with E-state index < -0.39 is 9.84 Å². The van der Waals surface area contributed by atoms with Crippen LogP contribution >= 0.6 is 11.6 Å². The molecule has 0 aliphatic carbocycles. The zero-order valence-corrected chi connectivity index (χ0v) is 17.7. The number of aliphatic imine (C=N–C) groups is 1. The van der Waals surface area contributed by atoms with Crippen LogP contribution < -0.4 is 20.3 Å². The van der Waals surface area contributed by atoms with Gasteiger partial charge in [-0.25, -0.2) is 8.42 Å². The van der Waals surface area contributed by atoms with Crippen LogP contribution in [0, 0.1) is 0 Å². The van der Waals surface area contributed by atoms with E-state index in [9.17, 15) is 8.42 Å². The Kier molecular flexibility index (Phi) is 8.04. The van der Waals surface area contributed by atoms with Crippen molar-refractivity contribution in [3.05, 3.63) is 23.2 Å². The molecule has 1 saturated heterocycles. The number of nitrogens with one attached hydrogen (secondary N) is 2. The molecule has 1 unspecified atom stereocenters. The molecule has 0 saturated carbocycles. The minimum atomic E-state index is -2.94. The first kappa shape index (κ1) is 21.6. The second-order valence-electron chi connectivity index (χ2n) is 6.64. The molecule has 0 radical (unpaired) electrons. The van der Waals surface area contributed by atoms with Gasteiger partial charge in [-0.15, -0.1) is 0 Å². The molecular weight excluding hydrogens is 388 g/mol. The number of benzene rings is 1. The van der Waals surface area contributed by atoms with Crippen molar-refractivity contribution in [2.75, 3.05) is 50.2 Å². The summed E-state index contributed by atoms with van der Waals surface area (Å²) in [6.07, 6.45) is 2.73. The standard InChI is InChI=1S/C18H29ClN4O3S/c1-4-20-18(21-9-5-11-27(3,24)25)22-15-8-10-23(13-15)16-12-14(19)6-7-17(16)26-2/h6-7,12,15H,4-5,8-11,13H2,1-3H3,(H2,20,21,22). The van der Waals surface area contributed by atoms with Gasteiger partial charge in [-0.05, 0) is 38.0 Å². The highest BCUT2D eigenvalue weighted by Gasteiger charge is 2.25. The second-order valence-corrected chi connectivity index (χ2v) is 9.33. The van der Waals surface area contributed by atoms with E-state index in [-0.39, 0.29) is 11.8 Å². The first-order valence-corrected chi connectivity index (χ1v) is 11.6. The van der Waals surface area contributed by atoms with Crippen molar-refractivity contribution < 1.29 is 13.2 Å². The van der Waals surface area contributed by atoms with Gasteiger partial charge in [0.25, 0.3) is 0 Å². The predicted octanol–water partition coefficient (Wildman–Crippen LogP) is 1.92. The summed E-state index contributed by atoms with van der Waals surface area (Å²) in [7, 11) is -1.29. The topological polar surface area (TPSA) is 83.0 Å². The lowest BCUT2D eigenvalue weighted by Crippen LogP contribution is -2.44. The third kappa shape index (κ3) is 7.10. The Hall–Kier alpha value is -1.67. The smallest absolute Gasteiger partial charge is 0.191 e. The molecule has 0 aromatic heterocycles. The summed E-state index contributed by atoms with van der Waals surface area (Å²) in [5.74, 6) is 1.68. The summed E-state index contributed by atoms with van der Waals surface area (Å²) < 4.78 is 27.9. The van der Waals surface area contributed by atoms with E-state index in [0.29, 0.717) is 18.0 Å². The van der Waals surface area contributed by atoms with Crippen molar-refractivity contribution in [3.8, 4) is 5.75 Å². The molecular formula is C18H29ClN4O3S. The van der Waals surface area contributed by atoms with Crippen LogP contribution in [0.4, 0.5) is 5.69 Å². The van der Waals surface area contributed by atoms with Crippen molar-refractivity contribution in [1.29, 1.82) is 0 Å². The fourth-order valence-electron chi connectivity index (χ4n) is 3.04. The summed E-state index contributed by atoms with van der Waals surface area (Å²) in [5.41, 5.74) is 0.990. The molecule has 2 N–H and O–H groups in total. The maximum Gasteiger partial charge on any atom is 0.191 e. The Balaban J connectivity index is 1.95. The van der Waals surface area contributed by atoms with Gasteiger partial charge in [0.2, 0.25) is 0 Å². The van der Waals surface area contributed by atoms with Gasteiger partial charge in [-0.2, -0.15) is 0 Å². The number of sulfone groups is 1. The van der Waals surface area contributed by atoms with Crippen LogP contribution in [0.3, 0.4) is 0 Å². The number of methoxy groups -OCH3 is 1. The van der Waals surface area contributed by atoms with E-state index >= 15 is 0 Å². The Bertz CT molecular complexity index is 755. The minimum Gasteiger partial charge on any atom is -0.495 e. The highest BCUT2D eigenvalue weighted by molar-refractivity contribution is 7.90. The number of ether oxygens (including phenoxy) is 1. The lowest BCUT2D eigenvalue weighted by molar-refractivity contribution is 0.415. The molecule has 2 rings (SSSR count). The normalized spacial score (nSPS) is 17.9. The quantitative estimate of drug-likeness (QED) is 0.382. The molecule has 0 amide bonds. The van der Waals surface area contributed by atoms with Gasteiger partial charge in [-0.1, -0.05) is 11.6 Å². The van der Waals surface area contributed by atoms with Gasteiger partial charge < -0.3 is 20.3 Å². The molecule has 7 nitrogen and oxygen atoms in total. The highest BCUT2D eigenvalue weighted by Crippen LogP contribution is 2.33. The maximum atomic E-state index is 11.2. The second kappa shape index (κ2) is 10.0. The summed E-state index contributed by atoms with van der Waals surface area (Å²) in [5, 5.41) is 7.34. The Morgan fingerprint density at radius 2 is 2.22 bits per heavy atom. The summed E-state index contributed by atoms with van der Waals surface area (Å²) in [4.78, 5) is 6.74. The Morgan fingerprint density at radius 3 is 2.89 bits per heavy atom. The Morgan fingerprint density at radius 1 is 1.44 bits per heavy atom. The molecule has 27 heavy (non-hydrogen) atoms. The van der Waals surface area contributed by atoms with E-state index in [2.05, 4.69) is 20.5 Å². The average Bonchev–Trinajstić information content (AvgIpc) is 3.06. The number of halogens is 1.